The first-order chi connectivity index (χ1) is 6.10. The predicted octanol–water partition coefficient (Wildman–Crippen LogP) is 1.78. The molecule has 0 aromatic heterocycles. The van der Waals surface area contributed by atoms with Crippen LogP contribution < -0.4 is 0 Å². The Balaban J connectivity index is 3.20. The molecule has 0 saturated carbocycles. The van der Waals surface area contributed by atoms with Crippen molar-refractivity contribution in [3.8, 4) is 0 Å². The largest absolute Gasteiger partial charge is 0.316 e. The van der Waals surface area contributed by atoms with Crippen LogP contribution in [0, 0.1) is 4.91 Å². The molecular formula is C8H7NO3S. The average molecular weight is 197 g/mol. The van der Waals surface area contributed by atoms with Crippen LogP contribution in [0.2, 0.25) is 0 Å². The lowest BCUT2D eigenvalue weighted by Gasteiger charge is -1.95. The molecule has 0 fully saturated rings. The van der Waals surface area contributed by atoms with Crippen LogP contribution in [0.3, 0.4) is 0 Å². The van der Waals surface area contributed by atoms with E-state index in [1.807, 2.05) is 4.58 Å². The SMILES string of the molecule is C=Cc1ccc(S(=O)(=O)N=O)cc1. The van der Waals surface area contributed by atoms with Gasteiger partial charge in [0.1, 0.15) is 0 Å². The summed E-state index contributed by atoms with van der Waals surface area (Å²) in [4.78, 5) is 9.82. The van der Waals surface area contributed by atoms with Crippen LogP contribution >= 0.6 is 0 Å². The van der Waals surface area contributed by atoms with Crippen molar-refractivity contribution in [2.24, 2.45) is 4.58 Å². The van der Waals surface area contributed by atoms with E-state index in [2.05, 4.69) is 6.58 Å². The Hall–Kier alpha value is -1.49. The molecule has 68 valence electrons. The van der Waals surface area contributed by atoms with Gasteiger partial charge in [-0.1, -0.05) is 24.8 Å². The van der Waals surface area contributed by atoms with Gasteiger partial charge in [0, 0.05) is 0 Å². The molecule has 0 radical (unpaired) electrons. The summed E-state index contributed by atoms with van der Waals surface area (Å²) in [6.07, 6.45) is 1.57. The maximum absolute atomic E-state index is 10.9. The maximum Gasteiger partial charge on any atom is 0.316 e. The molecule has 0 heterocycles. The Morgan fingerprint density at radius 2 is 1.77 bits per heavy atom. The zero-order chi connectivity index (χ0) is 9.90. The van der Waals surface area contributed by atoms with Crippen LogP contribution in [0.5, 0.6) is 0 Å². The summed E-state index contributed by atoms with van der Waals surface area (Å²) in [6, 6.07) is 5.72. The van der Waals surface area contributed by atoms with Crippen LogP contribution in [0.25, 0.3) is 6.08 Å². The van der Waals surface area contributed by atoms with E-state index in [-0.39, 0.29) is 4.90 Å². The Kier molecular flexibility index (Phi) is 2.57. The van der Waals surface area contributed by atoms with Gasteiger partial charge in [0.2, 0.25) is 0 Å². The van der Waals surface area contributed by atoms with Crippen molar-refractivity contribution < 1.29 is 8.42 Å². The van der Waals surface area contributed by atoms with Gasteiger partial charge in [-0.3, -0.25) is 0 Å². The standard InChI is InChI=1S/C8H7NO3S/c1-2-7-3-5-8(6-4-7)13(11,12)9-10/h2-6H,1H2. The van der Waals surface area contributed by atoms with Gasteiger partial charge in [-0.25, -0.2) is 0 Å². The molecule has 0 amide bonds. The second-order valence-electron chi connectivity index (χ2n) is 2.32. The monoisotopic (exact) mass is 197 g/mol. The summed E-state index contributed by atoms with van der Waals surface area (Å²) in [5.41, 5.74) is 0.782. The van der Waals surface area contributed by atoms with Crippen LogP contribution in [-0.2, 0) is 10.0 Å². The van der Waals surface area contributed by atoms with Crippen LogP contribution in [0.1, 0.15) is 5.56 Å². The number of hydrogen-bond donors (Lipinski definition) is 0. The fourth-order valence-corrected chi connectivity index (χ4v) is 1.39. The fraction of sp³-hybridized carbons (Fsp3) is 0. The summed E-state index contributed by atoms with van der Waals surface area (Å²) < 4.78 is 23.8. The molecule has 0 aliphatic rings. The molecule has 5 heteroatoms. The van der Waals surface area contributed by atoms with Crippen molar-refractivity contribution in [1.29, 1.82) is 0 Å². The number of sulfonamides is 1. The number of nitroso groups, excluding NO2 is 1. The van der Waals surface area contributed by atoms with Gasteiger partial charge in [-0.15, -0.1) is 4.91 Å². The van der Waals surface area contributed by atoms with E-state index in [0.29, 0.717) is 0 Å². The molecule has 1 rings (SSSR count). The van der Waals surface area contributed by atoms with Crippen LogP contribution in [0.15, 0.2) is 40.3 Å². The van der Waals surface area contributed by atoms with E-state index < -0.39 is 10.0 Å². The first-order valence-corrected chi connectivity index (χ1v) is 4.86. The molecule has 0 spiro atoms. The molecule has 0 N–H and O–H groups in total. The highest BCUT2D eigenvalue weighted by molar-refractivity contribution is 7.90. The van der Waals surface area contributed by atoms with E-state index in [1.165, 1.54) is 12.1 Å². The number of nitrogens with zero attached hydrogens (tertiary/aromatic N) is 1. The molecule has 0 aliphatic heterocycles. The lowest BCUT2D eigenvalue weighted by Crippen LogP contribution is -1.94. The number of benzene rings is 1. The van der Waals surface area contributed by atoms with Gasteiger partial charge < -0.3 is 0 Å². The third kappa shape index (κ3) is 2.00. The van der Waals surface area contributed by atoms with Crippen LogP contribution in [0.4, 0.5) is 0 Å². The van der Waals surface area contributed by atoms with Crippen molar-refractivity contribution in [3.05, 3.63) is 41.3 Å². The van der Waals surface area contributed by atoms with Crippen LogP contribution in [-0.4, -0.2) is 8.42 Å². The van der Waals surface area contributed by atoms with Crippen molar-refractivity contribution in [2.45, 2.75) is 4.90 Å². The quantitative estimate of drug-likeness (QED) is 0.694. The van der Waals surface area contributed by atoms with Gasteiger partial charge in [0.15, 0.2) is 0 Å². The molecule has 0 bridgehead atoms. The first kappa shape index (κ1) is 9.60. The minimum absolute atomic E-state index is 0.104. The van der Waals surface area contributed by atoms with Crippen molar-refractivity contribution >= 4 is 16.1 Å². The van der Waals surface area contributed by atoms with E-state index in [0.717, 1.165) is 5.56 Å². The summed E-state index contributed by atoms with van der Waals surface area (Å²) in [7, 11) is -3.99. The fourth-order valence-electron chi connectivity index (χ4n) is 0.819. The lowest BCUT2D eigenvalue weighted by atomic mass is 10.2. The van der Waals surface area contributed by atoms with E-state index in [4.69, 9.17) is 0 Å². The summed E-state index contributed by atoms with van der Waals surface area (Å²) in [5, 5.41) is 0. The molecule has 1 aromatic rings. The Labute approximate surface area is 75.9 Å². The topological polar surface area (TPSA) is 63.6 Å². The third-order valence-corrected chi connectivity index (χ3v) is 2.58. The minimum atomic E-state index is -3.99. The predicted molar refractivity (Wildman–Crippen MR) is 49.5 cm³/mol. The summed E-state index contributed by atoms with van der Waals surface area (Å²) in [5.74, 6) is 0. The first-order valence-electron chi connectivity index (χ1n) is 3.42. The zero-order valence-electron chi connectivity index (χ0n) is 6.67. The maximum atomic E-state index is 10.9. The molecule has 0 saturated heterocycles. The normalized spacial score (nSPS) is 10.8. The molecule has 0 atom stereocenters. The van der Waals surface area contributed by atoms with Crippen molar-refractivity contribution in [3.63, 3.8) is 0 Å². The Morgan fingerprint density at radius 1 is 1.23 bits per heavy atom. The van der Waals surface area contributed by atoms with E-state index in [9.17, 15) is 13.3 Å². The Bertz CT molecular complexity index is 419. The zero-order valence-corrected chi connectivity index (χ0v) is 7.49. The van der Waals surface area contributed by atoms with E-state index >= 15 is 0 Å². The van der Waals surface area contributed by atoms with E-state index in [1.54, 1.807) is 18.2 Å². The average Bonchev–Trinajstić information content (AvgIpc) is 2.18. The summed E-state index contributed by atoms with van der Waals surface area (Å²) in [6.45, 7) is 3.51. The molecule has 0 unspecified atom stereocenters. The van der Waals surface area contributed by atoms with Gasteiger partial charge >= 0.3 is 10.0 Å². The second-order valence-corrected chi connectivity index (χ2v) is 3.89. The molecule has 13 heavy (non-hydrogen) atoms. The highest BCUT2D eigenvalue weighted by Gasteiger charge is 2.12. The van der Waals surface area contributed by atoms with Gasteiger partial charge in [0.25, 0.3) is 0 Å². The third-order valence-electron chi connectivity index (χ3n) is 1.51. The molecule has 0 aliphatic carbocycles. The number of rotatable bonds is 3. The molecule has 1 aromatic carbocycles. The van der Waals surface area contributed by atoms with Gasteiger partial charge in [0.05, 0.1) is 9.48 Å². The number of hydrogen-bond acceptors (Lipinski definition) is 3. The highest BCUT2D eigenvalue weighted by atomic mass is 32.2. The molecule has 4 nitrogen and oxygen atoms in total. The summed E-state index contributed by atoms with van der Waals surface area (Å²) >= 11 is 0. The Morgan fingerprint density at radius 3 is 2.15 bits per heavy atom. The minimum Gasteiger partial charge on any atom is -0.196 e. The second kappa shape index (κ2) is 3.49. The molecular weight excluding hydrogens is 190 g/mol. The highest BCUT2D eigenvalue weighted by Crippen LogP contribution is 2.13. The van der Waals surface area contributed by atoms with Crippen molar-refractivity contribution in [2.75, 3.05) is 0 Å². The smallest absolute Gasteiger partial charge is 0.196 e. The lowest BCUT2D eigenvalue weighted by molar-refractivity contribution is 0.597. The van der Waals surface area contributed by atoms with Gasteiger partial charge in [-0.05, 0) is 17.7 Å². The van der Waals surface area contributed by atoms with Gasteiger partial charge in [-0.2, -0.15) is 8.42 Å². The van der Waals surface area contributed by atoms with Crippen molar-refractivity contribution in [1.82, 2.24) is 0 Å².